The molecule has 0 amide bonds. The van der Waals surface area contributed by atoms with Gasteiger partial charge in [-0.15, -0.1) is 0 Å². The molecule has 0 radical (unpaired) electrons. The number of nitrogens with zero attached hydrogens (tertiary/aromatic N) is 2. The van der Waals surface area contributed by atoms with Gasteiger partial charge in [-0.1, -0.05) is 28.1 Å². The van der Waals surface area contributed by atoms with Gasteiger partial charge in [0.25, 0.3) is 0 Å². The number of halogens is 1. The van der Waals surface area contributed by atoms with Gasteiger partial charge >= 0.3 is 0 Å². The van der Waals surface area contributed by atoms with E-state index in [0.717, 1.165) is 23.1 Å². The molecule has 0 bridgehead atoms. The maximum absolute atomic E-state index is 9.32. The Bertz CT molecular complexity index is 416. The van der Waals surface area contributed by atoms with Crippen molar-refractivity contribution in [1.29, 1.82) is 5.26 Å². The van der Waals surface area contributed by atoms with E-state index in [9.17, 15) is 5.26 Å². The van der Waals surface area contributed by atoms with Gasteiger partial charge in [-0.3, -0.25) is 4.90 Å². The molecule has 1 fully saturated rings. The van der Waals surface area contributed by atoms with Gasteiger partial charge in [0.1, 0.15) is 6.04 Å². The largest absolute Gasteiger partial charge is 0.284 e. The predicted molar refractivity (Wildman–Crippen MR) is 68.0 cm³/mol. The molecule has 1 saturated heterocycles. The average Bonchev–Trinajstić information content (AvgIpc) is 2.75. The van der Waals surface area contributed by atoms with Gasteiger partial charge in [-0.2, -0.15) is 5.26 Å². The highest BCUT2D eigenvalue weighted by atomic mass is 79.9. The van der Waals surface area contributed by atoms with Crippen molar-refractivity contribution < 1.29 is 0 Å². The summed E-state index contributed by atoms with van der Waals surface area (Å²) >= 11 is 3.56. The Morgan fingerprint density at radius 1 is 1.38 bits per heavy atom. The van der Waals surface area contributed by atoms with Crippen LogP contribution in [0.3, 0.4) is 0 Å². The van der Waals surface area contributed by atoms with Gasteiger partial charge in [0, 0.05) is 4.47 Å². The minimum absolute atomic E-state index is 0.0996. The molecule has 1 heterocycles. The highest BCUT2D eigenvalue weighted by molar-refractivity contribution is 9.10. The topological polar surface area (TPSA) is 27.0 Å². The van der Waals surface area contributed by atoms with Crippen LogP contribution in [-0.4, -0.2) is 18.0 Å². The first-order chi connectivity index (χ1) is 7.72. The van der Waals surface area contributed by atoms with Gasteiger partial charge in [-0.05, 0) is 50.0 Å². The van der Waals surface area contributed by atoms with Crippen LogP contribution in [0.25, 0.3) is 0 Å². The molecule has 0 N–H and O–H groups in total. The highest BCUT2D eigenvalue weighted by Crippen LogP contribution is 2.30. The molecule has 16 heavy (non-hydrogen) atoms. The van der Waals surface area contributed by atoms with Gasteiger partial charge in [0.15, 0.2) is 0 Å². The van der Waals surface area contributed by atoms with Crippen molar-refractivity contribution in [2.75, 3.05) is 13.1 Å². The molecule has 0 aliphatic carbocycles. The molecule has 1 atom stereocenters. The first-order valence-corrected chi connectivity index (χ1v) is 6.41. The maximum atomic E-state index is 9.32. The lowest BCUT2D eigenvalue weighted by Crippen LogP contribution is -2.24. The second kappa shape index (κ2) is 4.99. The summed E-state index contributed by atoms with van der Waals surface area (Å²) in [6.07, 6.45) is 2.42. The van der Waals surface area contributed by atoms with Crippen molar-refractivity contribution in [2.24, 2.45) is 0 Å². The Morgan fingerprint density at radius 2 is 2.06 bits per heavy atom. The SMILES string of the molecule is Cc1ccc(C(C#N)N2CCCC2)c(Br)c1. The molecule has 1 unspecified atom stereocenters. The molecule has 1 aliphatic rings. The molecule has 0 spiro atoms. The summed E-state index contributed by atoms with van der Waals surface area (Å²) in [4.78, 5) is 2.26. The third-order valence-corrected chi connectivity index (χ3v) is 3.77. The predicted octanol–water partition coefficient (Wildman–Crippen LogP) is 3.42. The monoisotopic (exact) mass is 278 g/mol. The van der Waals surface area contributed by atoms with Crippen molar-refractivity contribution in [3.8, 4) is 6.07 Å². The molecular weight excluding hydrogens is 264 g/mol. The van der Waals surface area contributed by atoms with Gasteiger partial charge < -0.3 is 0 Å². The average molecular weight is 279 g/mol. The summed E-state index contributed by atoms with van der Waals surface area (Å²) in [6.45, 7) is 4.14. The normalized spacial score (nSPS) is 18.3. The van der Waals surface area contributed by atoms with Crippen LogP contribution < -0.4 is 0 Å². The highest BCUT2D eigenvalue weighted by Gasteiger charge is 2.24. The Morgan fingerprint density at radius 3 is 2.62 bits per heavy atom. The van der Waals surface area contributed by atoms with Crippen molar-refractivity contribution in [3.05, 3.63) is 33.8 Å². The zero-order valence-electron chi connectivity index (χ0n) is 9.41. The van der Waals surface area contributed by atoms with E-state index in [1.54, 1.807) is 0 Å². The molecule has 2 nitrogen and oxygen atoms in total. The number of nitriles is 1. The lowest BCUT2D eigenvalue weighted by Gasteiger charge is -2.22. The maximum Gasteiger partial charge on any atom is 0.124 e. The summed E-state index contributed by atoms with van der Waals surface area (Å²) < 4.78 is 1.05. The van der Waals surface area contributed by atoms with E-state index in [1.807, 2.05) is 0 Å². The van der Waals surface area contributed by atoms with Crippen LogP contribution >= 0.6 is 15.9 Å². The van der Waals surface area contributed by atoms with Crippen molar-refractivity contribution in [3.63, 3.8) is 0 Å². The van der Waals surface area contributed by atoms with E-state index in [4.69, 9.17) is 0 Å². The molecular formula is C13H15BrN2. The van der Waals surface area contributed by atoms with E-state index in [2.05, 4.69) is 52.0 Å². The molecule has 84 valence electrons. The van der Waals surface area contributed by atoms with Crippen LogP contribution in [0.15, 0.2) is 22.7 Å². The minimum atomic E-state index is -0.0996. The molecule has 0 aromatic heterocycles. The smallest absolute Gasteiger partial charge is 0.124 e. The Hall–Kier alpha value is -0.850. The number of aryl methyl sites for hydroxylation is 1. The van der Waals surface area contributed by atoms with Crippen molar-refractivity contribution in [2.45, 2.75) is 25.8 Å². The third kappa shape index (κ3) is 2.28. The third-order valence-electron chi connectivity index (χ3n) is 3.08. The van der Waals surface area contributed by atoms with E-state index in [-0.39, 0.29) is 6.04 Å². The summed E-state index contributed by atoms with van der Waals surface area (Å²) in [5.41, 5.74) is 2.31. The number of likely N-dealkylation sites (tertiary alicyclic amines) is 1. The molecule has 0 saturated carbocycles. The zero-order chi connectivity index (χ0) is 11.5. The fourth-order valence-electron chi connectivity index (χ4n) is 2.20. The Kier molecular flexibility index (Phi) is 3.63. The summed E-state index contributed by atoms with van der Waals surface area (Å²) in [6, 6.07) is 8.53. The summed E-state index contributed by atoms with van der Waals surface area (Å²) in [5, 5.41) is 9.32. The van der Waals surface area contributed by atoms with E-state index in [1.165, 1.54) is 18.4 Å². The number of benzene rings is 1. The van der Waals surface area contributed by atoms with Gasteiger partial charge in [0.2, 0.25) is 0 Å². The fourth-order valence-corrected chi connectivity index (χ4v) is 2.91. The van der Waals surface area contributed by atoms with Crippen LogP contribution in [-0.2, 0) is 0 Å². The summed E-state index contributed by atoms with van der Waals surface area (Å²) in [5.74, 6) is 0. The number of hydrogen-bond donors (Lipinski definition) is 0. The Labute approximate surface area is 105 Å². The molecule has 1 aliphatic heterocycles. The van der Waals surface area contributed by atoms with Crippen LogP contribution in [0.2, 0.25) is 0 Å². The van der Waals surface area contributed by atoms with Crippen LogP contribution in [0.1, 0.15) is 30.0 Å². The lowest BCUT2D eigenvalue weighted by atomic mass is 10.1. The molecule has 3 heteroatoms. The second-order valence-corrected chi connectivity index (χ2v) is 5.15. The first-order valence-electron chi connectivity index (χ1n) is 5.62. The first kappa shape index (κ1) is 11.6. The number of rotatable bonds is 2. The van der Waals surface area contributed by atoms with E-state index < -0.39 is 0 Å². The van der Waals surface area contributed by atoms with E-state index in [0.29, 0.717) is 0 Å². The fraction of sp³-hybridized carbons (Fsp3) is 0.462. The lowest BCUT2D eigenvalue weighted by molar-refractivity contribution is 0.293. The Balaban J connectivity index is 2.30. The quantitative estimate of drug-likeness (QED) is 0.829. The van der Waals surface area contributed by atoms with Crippen LogP contribution in [0.4, 0.5) is 0 Å². The van der Waals surface area contributed by atoms with Crippen LogP contribution in [0, 0.1) is 18.3 Å². The second-order valence-electron chi connectivity index (χ2n) is 4.30. The molecule has 1 aromatic carbocycles. The van der Waals surface area contributed by atoms with Gasteiger partial charge in [-0.25, -0.2) is 0 Å². The molecule has 1 aromatic rings. The van der Waals surface area contributed by atoms with Gasteiger partial charge in [0.05, 0.1) is 6.07 Å². The number of hydrogen-bond acceptors (Lipinski definition) is 2. The standard InChI is InChI=1S/C13H15BrN2/c1-10-4-5-11(12(14)8-10)13(9-15)16-6-2-3-7-16/h4-5,8,13H,2-3,6-7H2,1H3. The molecule has 2 rings (SSSR count). The van der Waals surface area contributed by atoms with Crippen molar-refractivity contribution >= 4 is 15.9 Å². The van der Waals surface area contributed by atoms with Crippen molar-refractivity contribution in [1.82, 2.24) is 4.90 Å². The minimum Gasteiger partial charge on any atom is -0.284 e. The summed E-state index contributed by atoms with van der Waals surface area (Å²) in [7, 11) is 0. The van der Waals surface area contributed by atoms with Crippen LogP contribution in [0.5, 0.6) is 0 Å². The zero-order valence-corrected chi connectivity index (χ0v) is 11.0. The van der Waals surface area contributed by atoms with E-state index >= 15 is 0 Å².